The van der Waals surface area contributed by atoms with Gasteiger partial charge >= 0.3 is 12.1 Å². The molecule has 0 spiro atoms. The van der Waals surface area contributed by atoms with Gasteiger partial charge in [-0.2, -0.15) is 0 Å². The molecule has 5 nitrogen and oxygen atoms in total. The normalized spacial score (nSPS) is 12.6. The minimum Gasteiger partial charge on any atom is -0.480 e. The minimum absolute atomic E-state index is 0.147. The Bertz CT molecular complexity index is 564. The number of nitrogens with one attached hydrogen (secondary N) is 1. The van der Waals surface area contributed by atoms with Gasteiger partial charge in [-0.15, -0.1) is 0 Å². The smallest absolute Gasteiger partial charge is 0.408 e. The predicted octanol–water partition coefficient (Wildman–Crippen LogP) is 3.14. The Balaban J connectivity index is 2.90. The maximum atomic E-state index is 13.7. The van der Waals surface area contributed by atoms with Crippen LogP contribution >= 0.6 is 11.6 Å². The summed E-state index contributed by atoms with van der Waals surface area (Å²) in [6.07, 6.45) is -1.57. The standard InChI is InChI=1S/C14H16ClF2NO4/c1-14(2,3)22-13(21)18-11(12(19)20)6-8-9(16)4-7(15)5-10(8)17/h4-5,11H,6H2,1-3H3,(H,18,21)(H,19,20). The lowest BCUT2D eigenvalue weighted by Crippen LogP contribution is -2.45. The minimum atomic E-state index is -1.54. The van der Waals surface area contributed by atoms with E-state index < -0.39 is 47.3 Å². The second-order valence-electron chi connectivity index (χ2n) is 5.59. The molecule has 0 fully saturated rings. The van der Waals surface area contributed by atoms with Crippen LogP contribution in [0, 0.1) is 11.6 Å². The first-order valence-electron chi connectivity index (χ1n) is 6.35. The van der Waals surface area contributed by atoms with Gasteiger partial charge in [0.1, 0.15) is 23.3 Å². The summed E-state index contributed by atoms with van der Waals surface area (Å²) in [5.74, 6) is -3.41. The summed E-state index contributed by atoms with van der Waals surface area (Å²) in [4.78, 5) is 22.7. The van der Waals surface area contributed by atoms with Crippen molar-refractivity contribution in [2.75, 3.05) is 0 Å². The fourth-order valence-corrected chi connectivity index (χ4v) is 1.81. The Morgan fingerprint density at radius 2 is 1.82 bits per heavy atom. The molecule has 2 N–H and O–H groups in total. The lowest BCUT2D eigenvalue weighted by Gasteiger charge is -2.22. The van der Waals surface area contributed by atoms with Gasteiger partial charge in [0.2, 0.25) is 0 Å². The first-order valence-corrected chi connectivity index (χ1v) is 6.73. The van der Waals surface area contributed by atoms with Crippen molar-refractivity contribution in [3.8, 4) is 0 Å². The summed E-state index contributed by atoms with van der Waals surface area (Å²) in [5, 5.41) is 11.0. The summed E-state index contributed by atoms with van der Waals surface area (Å²) >= 11 is 5.49. The van der Waals surface area contributed by atoms with Crippen LogP contribution in [-0.2, 0) is 16.0 Å². The molecule has 0 saturated heterocycles. The fraction of sp³-hybridized carbons (Fsp3) is 0.429. The lowest BCUT2D eigenvalue weighted by molar-refractivity contribution is -0.139. The van der Waals surface area contributed by atoms with Crippen LogP contribution in [0.25, 0.3) is 0 Å². The highest BCUT2D eigenvalue weighted by Gasteiger charge is 2.26. The van der Waals surface area contributed by atoms with Gasteiger partial charge in [-0.3, -0.25) is 0 Å². The molecule has 0 aliphatic heterocycles. The highest BCUT2D eigenvalue weighted by molar-refractivity contribution is 6.30. The van der Waals surface area contributed by atoms with Crippen molar-refractivity contribution in [2.24, 2.45) is 0 Å². The van der Waals surface area contributed by atoms with Gasteiger partial charge in [-0.1, -0.05) is 11.6 Å². The van der Waals surface area contributed by atoms with Gasteiger partial charge in [0.05, 0.1) is 0 Å². The summed E-state index contributed by atoms with van der Waals surface area (Å²) in [6.45, 7) is 4.79. The van der Waals surface area contributed by atoms with Crippen molar-refractivity contribution in [1.29, 1.82) is 0 Å². The molecule has 1 amide bonds. The molecular weight excluding hydrogens is 320 g/mol. The average molecular weight is 336 g/mol. The molecule has 0 heterocycles. The first-order chi connectivity index (χ1) is 9.99. The average Bonchev–Trinajstić information content (AvgIpc) is 2.29. The molecule has 1 unspecified atom stereocenters. The van der Waals surface area contributed by atoms with Crippen molar-refractivity contribution in [3.63, 3.8) is 0 Å². The van der Waals surface area contributed by atoms with Crippen molar-refractivity contribution >= 4 is 23.7 Å². The second-order valence-corrected chi connectivity index (χ2v) is 6.03. The number of aliphatic carboxylic acids is 1. The molecule has 22 heavy (non-hydrogen) atoms. The van der Waals surface area contributed by atoms with E-state index in [0.29, 0.717) is 0 Å². The number of carbonyl (C=O) groups excluding carboxylic acids is 1. The SMILES string of the molecule is CC(C)(C)OC(=O)NC(Cc1c(F)cc(Cl)cc1F)C(=O)O. The topological polar surface area (TPSA) is 75.6 Å². The molecule has 1 rings (SSSR count). The molecule has 8 heteroatoms. The van der Waals surface area contributed by atoms with E-state index in [4.69, 9.17) is 21.4 Å². The Morgan fingerprint density at radius 3 is 2.23 bits per heavy atom. The van der Waals surface area contributed by atoms with E-state index in [1.165, 1.54) is 0 Å². The van der Waals surface area contributed by atoms with Crippen LogP contribution in [0.1, 0.15) is 26.3 Å². The molecule has 0 aliphatic carbocycles. The maximum absolute atomic E-state index is 13.7. The van der Waals surface area contributed by atoms with Crippen LogP contribution in [0.4, 0.5) is 13.6 Å². The van der Waals surface area contributed by atoms with E-state index >= 15 is 0 Å². The van der Waals surface area contributed by atoms with Crippen molar-refractivity contribution in [2.45, 2.75) is 38.8 Å². The third-order valence-corrected chi connectivity index (χ3v) is 2.72. The molecule has 1 aromatic rings. The highest BCUT2D eigenvalue weighted by atomic mass is 35.5. The third kappa shape index (κ3) is 5.48. The number of benzene rings is 1. The number of amides is 1. The van der Waals surface area contributed by atoms with Crippen LogP contribution in [0.2, 0.25) is 5.02 Å². The zero-order valence-corrected chi connectivity index (χ0v) is 13.0. The van der Waals surface area contributed by atoms with Crippen LogP contribution in [0.5, 0.6) is 0 Å². The number of alkyl carbamates (subject to hydrolysis) is 1. The molecule has 0 radical (unpaired) electrons. The van der Waals surface area contributed by atoms with Gasteiger partial charge in [-0.05, 0) is 32.9 Å². The zero-order chi connectivity index (χ0) is 17.1. The van der Waals surface area contributed by atoms with Gasteiger partial charge in [0.25, 0.3) is 0 Å². The number of ether oxygens (including phenoxy) is 1. The molecule has 122 valence electrons. The van der Waals surface area contributed by atoms with Crippen LogP contribution in [-0.4, -0.2) is 28.8 Å². The molecule has 0 saturated carbocycles. The fourth-order valence-electron chi connectivity index (χ4n) is 1.62. The molecule has 1 atom stereocenters. The number of carbonyl (C=O) groups is 2. The van der Waals surface area contributed by atoms with Crippen LogP contribution in [0.15, 0.2) is 12.1 Å². The zero-order valence-electron chi connectivity index (χ0n) is 12.2. The van der Waals surface area contributed by atoms with Gasteiger partial charge in [-0.25, -0.2) is 18.4 Å². The lowest BCUT2D eigenvalue weighted by atomic mass is 10.0. The van der Waals surface area contributed by atoms with Gasteiger partial charge < -0.3 is 15.2 Å². The maximum Gasteiger partial charge on any atom is 0.408 e. The first kappa shape index (κ1) is 18.2. The van der Waals surface area contributed by atoms with E-state index in [-0.39, 0.29) is 5.02 Å². The molecule has 0 bridgehead atoms. The third-order valence-electron chi connectivity index (χ3n) is 2.50. The summed E-state index contributed by atoms with van der Waals surface area (Å²) in [5.41, 5.74) is -1.31. The number of rotatable bonds is 4. The molecule has 0 aliphatic rings. The van der Waals surface area contributed by atoms with E-state index in [9.17, 15) is 18.4 Å². The van der Waals surface area contributed by atoms with Crippen molar-refractivity contribution < 1.29 is 28.2 Å². The van der Waals surface area contributed by atoms with Crippen molar-refractivity contribution in [3.05, 3.63) is 34.4 Å². The van der Waals surface area contributed by atoms with E-state index in [2.05, 4.69) is 5.32 Å². The quantitative estimate of drug-likeness (QED) is 0.886. The Labute approximate surface area is 131 Å². The van der Waals surface area contributed by atoms with E-state index in [1.807, 2.05) is 0 Å². The summed E-state index contributed by atoms with van der Waals surface area (Å²) in [6, 6.07) is 0.193. The molecule has 1 aromatic carbocycles. The molecular formula is C14H16ClF2NO4. The number of halogens is 3. The van der Waals surface area contributed by atoms with Crippen LogP contribution in [0.3, 0.4) is 0 Å². The summed E-state index contributed by atoms with van der Waals surface area (Å²) < 4.78 is 32.3. The number of carboxylic acid groups (broad SMARTS) is 1. The van der Waals surface area contributed by atoms with Crippen LogP contribution < -0.4 is 5.32 Å². The number of hydrogen-bond donors (Lipinski definition) is 2. The summed E-state index contributed by atoms with van der Waals surface area (Å²) in [7, 11) is 0. The highest BCUT2D eigenvalue weighted by Crippen LogP contribution is 2.20. The van der Waals surface area contributed by atoms with E-state index in [1.54, 1.807) is 20.8 Å². The predicted molar refractivity (Wildman–Crippen MR) is 75.9 cm³/mol. The number of carboxylic acids is 1. The Hall–Kier alpha value is -1.89. The largest absolute Gasteiger partial charge is 0.480 e. The Morgan fingerprint density at radius 1 is 1.32 bits per heavy atom. The second kappa shape index (κ2) is 6.91. The van der Waals surface area contributed by atoms with Crippen molar-refractivity contribution in [1.82, 2.24) is 5.32 Å². The Kier molecular flexibility index (Phi) is 5.71. The molecule has 0 aromatic heterocycles. The monoisotopic (exact) mass is 335 g/mol. The van der Waals surface area contributed by atoms with E-state index in [0.717, 1.165) is 12.1 Å². The number of hydrogen-bond acceptors (Lipinski definition) is 3. The van der Waals surface area contributed by atoms with Gasteiger partial charge in [0, 0.05) is 17.0 Å². The van der Waals surface area contributed by atoms with Gasteiger partial charge in [0.15, 0.2) is 0 Å².